The fourth-order valence-corrected chi connectivity index (χ4v) is 1.56. The molecule has 0 heterocycles. The topological polar surface area (TPSA) is 18.5 Å². The molecule has 20 heavy (non-hydrogen) atoms. The first-order valence-corrected chi connectivity index (χ1v) is 6.29. The molecule has 0 unspecified atom stereocenters. The van der Waals surface area contributed by atoms with E-state index in [9.17, 15) is 0 Å². The van der Waals surface area contributed by atoms with Crippen LogP contribution >= 0.6 is 0 Å². The van der Waals surface area contributed by atoms with Crippen LogP contribution in [-0.2, 0) is 0 Å². The molecule has 2 aromatic carbocycles. The number of benzene rings is 2. The first-order chi connectivity index (χ1) is 9.78. The Labute approximate surface area is 119 Å². The average molecular weight is 264 g/mol. The Balaban J connectivity index is 1.87. The molecule has 2 aromatic rings. The van der Waals surface area contributed by atoms with Gasteiger partial charge in [-0.25, -0.2) is 0 Å². The van der Waals surface area contributed by atoms with Crippen molar-refractivity contribution in [3.63, 3.8) is 0 Å². The van der Waals surface area contributed by atoms with Gasteiger partial charge in [0.2, 0.25) is 0 Å². The van der Waals surface area contributed by atoms with Crippen LogP contribution in [0.15, 0.2) is 66.7 Å². The van der Waals surface area contributed by atoms with Crippen LogP contribution in [0.2, 0.25) is 0 Å². The number of rotatable bonds is 4. The van der Waals surface area contributed by atoms with Gasteiger partial charge in [-0.05, 0) is 36.4 Å². The van der Waals surface area contributed by atoms with Gasteiger partial charge >= 0.3 is 0 Å². The zero-order valence-electron chi connectivity index (χ0n) is 11.4. The minimum absolute atomic E-state index is 0.381. The second kappa shape index (κ2) is 7.06. The maximum absolute atomic E-state index is 5.60. The van der Waals surface area contributed by atoms with Crippen molar-refractivity contribution in [3.05, 3.63) is 72.3 Å². The van der Waals surface area contributed by atoms with E-state index in [0.29, 0.717) is 6.61 Å². The number of hydrogen-bond acceptors (Lipinski definition) is 2. The summed E-state index contributed by atoms with van der Waals surface area (Å²) >= 11 is 0. The van der Waals surface area contributed by atoms with E-state index in [1.165, 1.54) is 0 Å². The van der Waals surface area contributed by atoms with Gasteiger partial charge < -0.3 is 9.47 Å². The van der Waals surface area contributed by atoms with Crippen molar-refractivity contribution in [1.82, 2.24) is 0 Å². The lowest BCUT2D eigenvalue weighted by molar-refractivity contribution is 0.355. The monoisotopic (exact) mass is 264 g/mol. The number of methoxy groups -OCH3 is 1. The highest BCUT2D eigenvalue weighted by Gasteiger charge is 1.96. The molecule has 0 bridgehead atoms. The molecule has 0 amide bonds. The summed E-state index contributed by atoms with van der Waals surface area (Å²) in [6.07, 6.45) is 0. The summed E-state index contributed by atoms with van der Waals surface area (Å²) in [5.74, 6) is 7.62. The van der Waals surface area contributed by atoms with Crippen molar-refractivity contribution in [3.8, 4) is 23.3 Å². The lowest BCUT2D eigenvalue weighted by Gasteiger charge is -2.05. The van der Waals surface area contributed by atoms with Crippen LogP contribution in [0, 0.1) is 11.8 Å². The predicted octanol–water partition coefficient (Wildman–Crippen LogP) is 3.68. The molecule has 2 heteroatoms. The first kappa shape index (κ1) is 13.8. The van der Waals surface area contributed by atoms with E-state index in [1.807, 2.05) is 54.6 Å². The van der Waals surface area contributed by atoms with Gasteiger partial charge in [-0.2, -0.15) is 0 Å². The van der Waals surface area contributed by atoms with Gasteiger partial charge in [-0.3, -0.25) is 0 Å². The summed E-state index contributed by atoms with van der Waals surface area (Å²) in [5, 5.41) is 0. The largest absolute Gasteiger partial charge is 0.497 e. The van der Waals surface area contributed by atoms with Gasteiger partial charge in [0.1, 0.15) is 18.1 Å². The maximum atomic E-state index is 5.60. The van der Waals surface area contributed by atoms with Crippen LogP contribution in [0.5, 0.6) is 11.5 Å². The van der Waals surface area contributed by atoms with Crippen molar-refractivity contribution in [1.29, 1.82) is 0 Å². The normalized spacial score (nSPS) is 9.25. The first-order valence-electron chi connectivity index (χ1n) is 6.29. The smallest absolute Gasteiger partial charge is 0.120 e. The molecule has 2 rings (SSSR count). The molecule has 0 aromatic heterocycles. The van der Waals surface area contributed by atoms with Gasteiger partial charge in [0.25, 0.3) is 0 Å². The third-order valence-electron chi connectivity index (χ3n) is 2.63. The summed E-state index contributed by atoms with van der Waals surface area (Å²) in [7, 11) is 1.64. The van der Waals surface area contributed by atoms with E-state index in [0.717, 1.165) is 22.6 Å². The Bertz CT molecular complexity index is 616. The van der Waals surface area contributed by atoms with E-state index >= 15 is 0 Å². The quantitative estimate of drug-likeness (QED) is 0.784. The van der Waals surface area contributed by atoms with E-state index < -0.39 is 0 Å². The summed E-state index contributed by atoms with van der Waals surface area (Å²) in [6, 6.07) is 17.2. The Morgan fingerprint density at radius 1 is 1.00 bits per heavy atom. The molecule has 0 aliphatic carbocycles. The molecule has 0 fully saturated rings. The lowest BCUT2D eigenvalue weighted by atomic mass is 10.2. The molecular weight excluding hydrogens is 248 g/mol. The maximum Gasteiger partial charge on any atom is 0.120 e. The highest BCUT2D eigenvalue weighted by Crippen LogP contribution is 2.17. The summed E-state index contributed by atoms with van der Waals surface area (Å²) in [6.45, 7) is 4.28. The molecule has 0 aliphatic rings. The Morgan fingerprint density at radius 3 is 2.30 bits per heavy atom. The van der Waals surface area contributed by atoms with Crippen molar-refractivity contribution >= 4 is 0 Å². The van der Waals surface area contributed by atoms with Gasteiger partial charge in [0, 0.05) is 11.1 Å². The third-order valence-corrected chi connectivity index (χ3v) is 2.63. The SMILES string of the molecule is C=C(C#Cc1ccccc1)COc1ccc(OC)cc1. The Morgan fingerprint density at radius 2 is 1.65 bits per heavy atom. The number of ether oxygens (including phenoxy) is 2. The molecule has 0 atom stereocenters. The third kappa shape index (κ3) is 4.22. The molecule has 0 spiro atoms. The van der Waals surface area contributed by atoms with Crippen LogP contribution in [0.3, 0.4) is 0 Å². The molecular formula is C18H16O2. The molecule has 100 valence electrons. The predicted molar refractivity (Wildman–Crippen MR) is 80.9 cm³/mol. The van der Waals surface area contributed by atoms with Gasteiger partial charge in [0.15, 0.2) is 0 Å². The van der Waals surface area contributed by atoms with Crippen molar-refractivity contribution < 1.29 is 9.47 Å². The van der Waals surface area contributed by atoms with E-state index in [1.54, 1.807) is 7.11 Å². The fourth-order valence-electron chi connectivity index (χ4n) is 1.56. The zero-order chi connectivity index (χ0) is 14.2. The summed E-state index contributed by atoms with van der Waals surface area (Å²) in [5.41, 5.74) is 1.71. The molecule has 0 saturated carbocycles. The van der Waals surface area contributed by atoms with Gasteiger partial charge in [0.05, 0.1) is 7.11 Å². The van der Waals surface area contributed by atoms with Crippen LogP contribution in [-0.4, -0.2) is 13.7 Å². The minimum Gasteiger partial charge on any atom is -0.497 e. The zero-order valence-corrected chi connectivity index (χ0v) is 11.4. The molecule has 0 N–H and O–H groups in total. The molecule has 2 nitrogen and oxygen atoms in total. The van der Waals surface area contributed by atoms with Gasteiger partial charge in [-0.15, -0.1) is 0 Å². The second-order valence-electron chi connectivity index (χ2n) is 4.18. The van der Waals surface area contributed by atoms with E-state index in [2.05, 4.69) is 18.4 Å². The van der Waals surface area contributed by atoms with Crippen LogP contribution in [0.25, 0.3) is 0 Å². The molecule has 0 radical (unpaired) electrons. The van der Waals surface area contributed by atoms with Gasteiger partial charge in [-0.1, -0.05) is 36.6 Å². The van der Waals surface area contributed by atoms with Crippen LogP contribution in [0.4, 0.5) is 0 Å². The second-order valence-corrected chi connectivity index (χ2v) is 4.18. The Hall–Kier alpha value is -2.66. The minimum atomic E-state index is 0.381. The standard InChI is InChI=1S/C18H16O2/c1-15(8-9-16-6-4-3-5-7-16)14-20-18-12-10-17(19-2)11-13-18/h3-7,10-13H,1,14H2,2H3. The van der Waals surface area contributed by atoms with Crippen molar-refractivity contribution in [2.75, 3.05) is 13.7 Å². The van der Waals surface area contributed by atoms with Crippen molar-refractivity contribution in [2.24, 2.45) is 0 Å². The highest BCUT2D eigenvalue weighted by atomic mass is 16.5. The van der Waals surface area contributed by atoms with Crippen molar-refractivity contribution in [2.45, 2.75) is 0 Å². The van der Waals surface area contributed by atoms with Crippen LogP contribution in [0.1, 0.15) is 5.56 Å². The summed E-state index contributed by atoms with van der Waals surface area (Å²) in [4.78, 5) is 0. The number of hydrogen-bond donors (Lipinski definition) is 0. The summed E-state index contributed by atoms with van der Waals surface area (Å²) < 4.78 is 10.7. The van der Waals surface area contributed by atoms with E-state index in [-0.39, 0.29) is 0 Å². The Kier molecular flexibility index (Phi) is 4.86. The van der Waals surface area contributed by atoms with E-state index in [4.69, 9.17) is 9.47 Å². The van der Waals surface area contributed by atoms with Crippen LogP contribution < -0.4 is 9.47 Å². The molecule has 0 saturated heterocycles. The highest BCUT2D eigenvalue weighted by molar-refractivity contribution is 5.40. The average Bonchev–Trinajstić information content (AvgIpc) is 2.52. The molecule has 0 aliphatic heterocycles. The lowest BCUT2D eigenvalue weighted by Crippen LogP contribution is -1.98. The fraction of sp³-hybridized carbons (Fsp3) is 0.111.